The summed E-state index contributed by atoms with van der Waals surface area (Å²) in [5.74, 6) is 0.852. The van der Waals surface area contributed by atoms with Crippen molar-refractivity contribution in [1.29, 1.82) is 0 Å². The first kappa shape index (κ1) is 16.0. The van der Waals surface area contributed by atoms with Gasteiger partial charge in [-0.1, -0.05) is 0 Å². The first-order valence-electron chi connectivity index (χ1n) is 5.88. The fourth-order valence-electron chi connectivity index (χ4n) is 1.47. The second-order valence-electron chi connectivity index (χ2n) is 4.22. The highest BCUT2D eigenvalue weighted by atomic mass is 79.9. The first-order chi connectivity index (χ1) is 8.54. The molecule has 1 rings (SSSR count). The number of hydrogen-bond acceptors (Lipinski definition) is 3. The molecule has 5 heteroatoms. The van der Waals surface area contributed by atoms with Gasteiger partial charge in [0.15, 0.2) is 0 Å². The third-order valence-electron chi connectivity index (χ3n) is 2.22. The van der Waals surface area contributed by atoms with Crippen LogP contribution in [0, 0.1) is 0 Å². The van der Waals surface area contributed by atoms with E-state index in [1.54, 1.807) is 7.11 Å². The zero-order chi connectivity index (χ0) is 13.5. The third kappa shape index (κ3) is 5.26. The number of rotatable bonds is 7. The van der Waals surface area contributed by atoms with E-state index in [4.69, 9.17) is 9.47 Å². The molecule has 0 aromatic heterocycles. The Hall–Kier alpha value is -0.100. The van der Waals surface area contributed by atoms with E-state index in [1.165, 1.54) is 5.56 Å². The lowest BCUT2D eigenvalue weighted by molar-refractivity contribution is 0.199. The van der Waals surface area contributed by atoms with Gasteiger partial charge in [-0.3, -0.25) is 0 Å². The van der Waals surface area contributed by atoms with Crippen molar-refractivity contribution in [1.82, 2.24) is 5.32 Å². The molecule has 102 valence electrons. The van der Waals surface area contributed by atoms with Crippen LogP contribution in [0.2, 0.25) is 0 Å². The van der Waals surface area contributed by atoms with Crippen LogP contribution in [-0.4, -0.2) is 26.4 Å². The van der Waals surface area contributed by atoms with Crippen molar-refractivity contribution < 1.29 is 9.47 Å². The van der Waals surface area contributed by atoms with Crippen molar-refractivity contribution in [2.24, 2.45) is 0 Å². The predicted octanol–water partition coefficient (Wildman–Crippen LogP) is 3.73. The Morgan fingerprint density at radius 3 is 2.33 bits per heavy atom. The minimum atomic E-state index is 0.156. The SMILES string of the molecule is COCCNCc1cc(Br)c(OC(C)C)c(Br)c1. The number of hydrogen-bond donors (Lipinski definition) is 1. The standard InChI is InChI=1S/C13H19Br2NO2/c1-9(2)18-13-11(14)6-10(7-12(13)15)8-16-4-5-17-3/h6-7,9,16H,4-5,8H2,1-3H3. The summed E-state index contributed by atoms with van der Waals surface area (Å²) in [4.78, 5) is 0. The van der Waals surface area contributed by atoms with Gasteiger partial charge in [0.1, 0.15) is 5.75 Å². The summed E-state index contributed by atoms with van der Waals surface area (Å²) in [7, 11) is 1.70. The Balaban J connectivity index is 2.67. The van der Waals surface area contributed by atoms with E-state index in [9.17, 15) is 0 Å². The van der Waals surface area contributed by atoms with E-state index in [-0.39, 0.29) is 6.10 Å². The molecule has 3 nitrogen and oxygen atoms in total. The minimum Gasteiger partial charge on any atom is -0.489 e. The van der Waals surface area contributed by atoms with Crippen LogP contribution in [0.15, 0.2) is 21.1 Å². The van der Waals surface area contributed by atoms with Gasteiger partial charge in [0.25, 0.3) is 0 Å². The normalized spacial score (nSPS) is 11.0. The molecule has 18 heavy (non-hydrogen) atoms. The average Bonchev–Trinajstić information content (AvgIpc) is 2.29. The first-order valence-corrected chi connectivity index (χ1v) is 7.47. The van der Waals surface area contributed by atoms with E-state index in [2.05, 4.69) is 49.3 Å². The highest BCUT2D eigenvalue weighted by Gasteiger charge is 2.10. The molecule has 0 saturated carbocycles. The van der Waals surface area contributed by atoms with E-state index in [0.717, 1.165) is 34.4 Å². The highest BCUT2D eigenvalue weighted by molar-refractivity contribution is 9.11. The maximum absolute atomic E-state index is 5.74. The Bertz CT molecular complexity index is 360. The monoisotopic (exact) mass is 379 g/mol. The molecule has 0 aliphatic rings. The maximum atomic E-state index is 5.74. The van der Waals surface area contributed by atoms with E-state index in [0.29, 0.717) is 0 Å². The van der Waals surface area contributed by atoms with Crippen molar-refractivity contribution in [3.8, 4) is 5.75 Å². The van der Waals surface area contributed by atoms with Crippen molar-refractivity contribution in [3.63, 3.8) is 0 Å². The number of halogens is 2. The lowest BCUT2D eigenvalue weighted by Gasteiger charge is -2.15. The summed E-state index contributed by atoms with van der Waals surface area (Å²) >= 11 is 7.08. The fraction of sp³-hybridized carbons (Fsp3) is 0.538. The fourth-order valence-corrected chi connectivity index (χ4v) is 2.94. The van der Waals surface area contributed by atoms with Gasteiger partial charge in [-0.2, -0.15) is 0 Å². The van der Waals surface area contributed by atoms with Gasteiger partial charge in [0.2, 0.25) is 0 Å². The summed E-state index contributed by atoms with van der Waals surface area (Å²) in [6.07, 6.45) is 0.156. The van der Waals surface area contributed by atoms with Crippen LogP contribution in [0.25, 0.3) is 0 Å². The molecule has 0 atom stereocenters. The Morgan fingerprint density at radius 1 is 1.22 bits per heavy atom. The summed E-state index contributed by atoms with van der Waals surface area (Å²) < 4.78 is 12.7. The van der Waals surface area contributed by atoms with Gasteiger partial charge in [-0.05, 0) is 63.4 Å². The zero-order valence-corrected chi connectivity index (χ0v) is 14.1. The molecular formula is C13H19Br2NO2. The van der Waals surface area contributed by atoms with Crippen molar-refractivity contribution >= 4 is 31.9 Å². The summed E-state index contributed by atoms with van der Waals surface area (Å²) in [6, 6.07) is 4.14. The minimum absolute atomic E-state index is 0.156. The van der Waals surface area contributed by atoms with Crippen molar-refractivity contribution in [2.75, 3.05) is 20.3 Å². The lowest BCUT2D eigenvalue weighted by Crippen LogP contribution is -2.18. The van der Waals surface area contributed by atoms with E-state index in [1.807, 2.05) is 13.8 Å². The largest absolute Gasteiger partial charge is 0.489 e. The molecule has 1 aromatic carbocycles. The van der Waals surface area contributed by atoms with Crippen molar-refractivity contribution in [2.45, 2.75) is 26.5 Å². The zero-order valence-electron chi connectivity index (χ0n) is 10.9. The maximum Gasteiger partial charge on any atom is 0.148 e. The molecule has 0 amide bonds. The second kappa shape index (κ2) is 8.15. The molecule has 0 saturated heterocycles. The molecule has 0 fully saturated rings. The topological polar surface area (TPSA) is 30.5 Å². The average molecular weight is 381 g/mol. The van der Waals surface area contributed by atoms with E-state index >= 15 is 0 Å². The molecular weight excluding hydrogens is 362 g/mol. The summed E-state index contributed by atoms with van der Waals surface area (Å²) in [6.45, 7) is 6.40. The summed E-state index contributed by atoms with van der Waals surface area (Å²) in [5, 5.41) is 3.31. The molecule has 0 aliphatic carbocycles. The highest BCUT2D eigenvalue weighted by Crippen LogP contribution is 2.35. The molecule has 0 unspecified atom stereocenters. The quantitative estimate of drug-likeness (QED) is 0.731. The number of methoxy groups -OCH3 is 1. The van der Waals surface area contributed by atoms with Crippen molar-refractivity contribution in [3.05, 3.63) is 26.6 Å². The van der Waals surface area contributed by atoms with Crippen LogP contribution in [-0.2, 0) is 11.3 Å². The van der Waals surface area contributed by atoms with Crippen LogP contribution in [0.3, 0.4) is 0 Å². The van der Waals surface area contributed by atoms with Gasteiger partial charge in [0.05, 0.1) is 21.7 Å². The third-order valence-corrected chi connectivity index (χ3v) is 3.40. The Morgan fingerprint density at radius 2 is 1.83 bits per heavy atom. The number of nitrogens with one attached hydrogen (secondary N) is 1. The van der Waals surface area contributed by atoms with Gasteiger partial charge in [-0.25, -0.2) is 0 Å². The molecule has 0 radical (unpaired) electrons. The molecule has 1 aromatic rings. The second-order valence-corrected chi connectivity index (χ2v) is 5.93. The summed E-state index contributed by atoms with van der Waals surface area (Å²) in [5.41, 5.74) is 1.20. The molecule has 0 bridgehead atoms. The van der Waals surface area contributed by atoms with Gasteiger partial charge >= 0.3 is 0 Å². The van der Waals surface area contributed by atoms with Crippen LogP contribution >= 0.6 is 31.9 Å². The van der Waals surface area contributed by atoms with Crippen LogP contribution in [0.4, 0.5) is 0 Å². The van der Waals surface area contributed by atoms with E-state index < -0.39 is 0 Å². The molecule has 1 N–H and O–H groups in total. The van der Waals surface area contributed by atoms with Gasteiger partial charge in [-0.15, -0.1) is 0 Å². The molecule has 0 spiro atoms. The van der Waals surface area contributed by atoms with Crippen LogP contribution in [0.5, 0.6) is 5.75 Å². The van der Waals surface area contributed by atoms with Gasteiger partial charge in [0, 0.05) is 20.2 Å². The van der Waals surface area contributed by atoms with Crippen LogP contribution in [0.1, 0.15) is 19.4 Å². The Labute approximate surface area is 125 Å². The number of benzene rings is 1. The lowest BCUT2D eigenvalue weighted by atomic mass is 10.2. The molecule has 0 heterocycles. The Kier molecular flexibility index (Phi) is 7.22. The predicted molar refractivity (Wildman–Crippen MR) is 81.2 cm³/mol. The smallest absolute Gasteiger partial charge is 0.148 e. The number of ether oxygens (including phenoxy) is 2. The molecule has 0 aliphatic heterocycles. The van der Waals surface area contributed by atoms with Gasteiger partial charge < -0.3 is 14.8 Å². The van der Waals surface area contributed by atoms with Crippen LogP contribution < -0.4 is 10.1 Å².